The van der Waals surface area contributed by atoms with Crippen molar-refractivity contribution < 1.29 is 5.11 Å². The van der Waals surface area contributed by atoms with Crippen molar-refractivity contribution in [2.75, 3.05) is 47.4 Å². The molecule has 1 unspecified atom stereocenters. The molecule has 0 radical (unpaired) electrons. The minimum Gasteiger partial charge on any atom is -0.394 e. The fourth-order valence-corrected chi connectivity index (χ4v) is 1.12. The van der Waals surface area contributed by atoms with Crippen molar-refractivity contribution >= 4 is 0 Å². The van der Waals surface area contributed by atoms with Gasteiger partial charge in [-0.25, -0.2) is 0 Å². The molecule has 0 aromatic rings. The summed E-state index contributed by atoms with van der Waals surface area (Å²) in [5.74, 6) is 0. The predicted octanol–water partition coefficient (Wildman–Crippen LogP) is -0.810. The third-order valence-corrected chi connectivity index (χ3v) is 1.92. The van der Waals surface area contributed by atoms with Gasteiger partial charge in [0.05, 0.1) is 6.61 Å². The van der Waals surface area contributed by atoms with E-state index in [1.807, 2.05) is 28.1 Å². The monoisotopic (exact) mass is 189 g/mol. The van der Waals surface area contributed by atoms with Crippen LogP contribution in [-0.4, -0.2) is 67.8 Å². The van der Waals surface area contributed by atoms with Gasteiger partial charge in [-0.3, -0.25) is 0 Å². The van der Waals surface area contributed by atoms with Crippen molar-refractivity contribution in [3.63, 3.8) is 0 Å². The van der Waals surface area contributed by atoms with Gasteiger partial charge in [0.1, 0.15) is 0 Å². The fourth-order valence-electron chi connectivity index (χ4n) is 1.12. The van der Waals surface area contributed by atoms with Crippen LogP contribution in [0.2, 0.25) is 0 Å². The smallest absolute Gasteiger partial charge is 0.0621 e. The molecular formula is C9H23N3O. The van der Waals surface area contributed by atoms with Gasteiger partial charge in [-0.1, -0.05) is 0 Å². The maximum Gasteiger partial charge on any atom is 0.0621 e. The Labute approximate surface area is 81.3 Å². The lowest BCUT2D eigenvalue weighted by Gasteiger charge is -2.29. The summed E-state index contributed by atoms with van der Waals surface area (Å²) in [5, 5.41) is 8.96. The second-order valence-electron chi connectivity index (χ2n) is 4.35. The lowest BCUT2D eigenvalue weighted by Crippen LogP contribution is -2.50. The van der Waals surface area contributed by atoms with Gasteiger partial charge in [0.2, 0.25) is 0 Å². The number of nitrogens with two attached hydrogens (primary N) is 1. The SMILES string of the molecule is CN(C)CCN(C)CC(C)(N)CO. The molecule has 0 rings (SSSR count). The number of hydrogen-bond donors (Lipinski definition) is 2. The van der Waals surface area contributed by atoms with Gasteiger partial charge in [0.15, 0.2) is 0 Å². The maximum absolute atomic E-state index is 8.96. The summed E-state index contributed by atoms with van der Waals surface area (Å²) >= 11 is 0. The van der Waals surface area contributed by atoms with Crippen LogP contribution in [0.25, 0.3) is 0 Å². The van der Waals surface area contributed by atoms with E-state index < -0.39 is 5.54 Å². The molecule has 0 spiro atoms. The summed E-state index contributed by atoms with van der Waals surface area (Å²) in [4.78, 5) is 4.26. The molecule has 80 valence electrons. The zero-order chi connectivity index (χ0) is 10.5. The van der Waals surface area contributed by atoms with Crippen LogP contribution in [0.3, 0.4) is 0 Å². The fraction of sp³-hybridized carbons (Fsp3) is 1.00. The molecule has 0 fully saturated rings. The van der Waals surface area contributed by atoms with E-state index in [9.17, 15) is 0 Å². The highest BCUT2D eigenvalue weighted by atomic mass is 16.3. The van der Waals surface area contributed by atoms with E-state index in [1.54, 1.807) is 0 Å². The number of hydrogen-bond acceptors (Lipinski definition) is 4. The summed E-state index contributed by atoms with van der Waals surface area (Å²) in [5.41, 5.74) is 5.33. The first-order valence-corrected chi connectivity index (χ1v) is 4.60. The zero-order valence-electron chi connectivity index (χ0n) is 9.25. The molecule has 0 aromatic heterocycles. The highest BCUT2D eigenvalue weighted by Crippen LogP contribution is 1.99. The van der Waals surface area contributed by atoms with E-state index in [1.165, 1.54) is 0 Å². The van der Waals surface area contributed by atoms with Crippen molar-refractivity contribution in [1.82, 2.24) is 9.80 Å². The first kappa shape index (κ1) is 12.8. The molecule has 0 aromatic carbocycles. The lowest BCUT2D eigenvalue weighted by atomic mass is 10.1. The Morgan fingerprint density at radius 2 is 1.77 bits per heavy atom. The predicted molar refractivity (Wildman–Crippen MR) is 55.7 cm³/mol. The standard InChI is InChI=1S/C9H23N3O/c1-9(10,8-13)7-12(4)6-5-11(2)3/h13H,5-8,10H2,1-4H3. The van der Waals surface area contributed by atoms with Gasteiger partial charge in [-0.05, 0) is 28.1 Å². The number of likely N-dealkylation sites (N-methyl/N-ethyl adjacent to an activating group) is 2. The normalized spacial score (nSPS) is 16.6. The Hall–Kier alpha value is -0.160. The van der Waals surface area contributed by atoms with E-state index in [4.69, 9.17) is 10.8 Å². The van der Waals surface area contributed by atoms with Crippen LogP contribution in [0.5, 0.6) is 0 Å². The summed E-state index contributed by atoms with van der Waals surface area (Å²) in [6.07, 6.45) is 0. The Bertz CT molecular complexity index is 137. The highest BCUT2D eigenvalue weighted by Gasteiger charge is 2.18. The molecule has 0 saturated heterocycles. The quantitative estimate of drug-likeness (QED) is 0.574. The van der Waals surface area contributed by atoms with Crippen LogP contribution < -0.4 is 5.73 Å². The minimum absolute atomic E-state index is 0.0271. The Morgan fingerprint density at radius 3 is 2.15 bits per heavy atom. The first-order valence-electron chi connectivity index (χ1n) is 4.60. The Kier molecular flexibility index (Phi) is 5.48. The van der Waals surface area contributed by atoms with Gasteiger partial charge in [0.25, 0.3) is 0 Å². The molecule has 13 heavy (non-hydrogen) atoms. The van der Waals surface area contributed by atoms with Gasteiger partial charge >= 0.3 is 0 Å². The molecule has 3 N–H and O–H groups in total. The van der Waals surface area contributed by atoms with E-state index in [-0.39, 0.29) is 6.61 Å². The topological polar surface area (TPSA) is 52.7 Å². The highest BCUT2D eigenvalue weighted by molar-refractivity contribution is 4.80. The van der Waals surface area contributed by atoms with Crippen molar-refractivity contribution in [3.8, 4) is 0 Å². The van der Waals surface area contributed by atoms with Crippen molar-refractivity contribution in [2.45, 2.75) is 12.5 Å². The average molecular weight is 189 g/mol. The van der Waals surface area contributed by atoms with E-state index in [0.29, 0.717) is 0 Å². The molecular weight excluding hydrogens is 166 g/mol. The largest absolute Gasteiger partial charge is 0.394 e. The summed E-state index contributed by atoms with van der Waals surface area (Å²) in [6, 6.07) is 0. The van der Waals surface area contributed by atoms with Crippen LogP contribution in [0.1, 0.15) is 6.92 Å². The molecule has 0 aliphatic carbocycles. The van der Waals surface area contributed by atoms with Crippen molar-refractivity contribution in [2.24, 2.45) is 5.73 Å². The molecule has 0 saturated carbocycles. The Morgan fingerprint density at radius 1 is 1.23 bits per heavy atom. The average Bonchev–Trinajstić information content (AvgIpc) is 2.00. The summed E-state index contributed by atoms with van der Waals surface area (Å²) in [6.45, 7) is 4.59. The van der Waals surface area contributed by atoms with Crippen LogP contribution >= 0.6 is 0 Å². The van der Waals surface area contributed by atoms with Gasteiger partial charge in [-0.15, -0.1) is 0 Å². The Balaban J connectivity index is 3.67. The maximum atomic E-state index is 8.96. The molecule has 0 aliphatic heterocycles. The second-order valence-corrected chi connectivity index (χ2v) is 4.35. The molecule has 0 aliphatic rings. The number of nitrogens with zero attached hydrogens (tertiary/aromatic N) is 2. The molecule has 0 heterocycles. The van der Waals surface area contributed by atoms with Crippen LogP contribution in [0.4, 0.5) is 0 Å². The van der Waals surface area contributed by atoms with E-state index in [0.717, 1.165) is 19.6 Å². The van der Waals surface area contributed by atoms with Gasteiger partial charge in [-0.2, -0.15) is 0 Å². The number of rotatable bonds is 6. The number of aliphatic hydroxyl groups excluding tert-OH is 1. The molecule has 0 bridgehead atoms. The molecule has 4 heteroatoms. The van der Waals surface area contributed by atoms with Gasteiger partial charge in [0, 0.05) is 25.2 Å². The molecule has 1 atom stereocenters. The summed E-state index contributed by atoms with van der Waals surface area (Å²) in [7, 11) is 6.10. The molecule has 4 nitrogen and oxygen atoms in total. The zero-order valence-corrected chi connectivity index (χ0v) is 9.25. The second kappa shape index (κ2) is 5.54. The molecule has 0 amide bonds. The van der Waals surface area contributed by atoms with Crippen LogP contribution in [0.15, 0.2) is 0 Å². The van der Waals surface area contributed by atoms with Crippen LogP contribution in [0, 0.1) is 0 Å². The third-order valence-electron chi connectivity index (χ3n) is 1.92. The number of aliphatic hydroxyl groups is 1. The lowest BCUT2D eigenvalue weighted by molar-refractivity contribution is 0.158. The first-order chi connectivity index (χ1) is 5.87. The van der Waals surface area contributed by atoms with Crippen molar-refractivity contribution in [1.29, 1.82) is 0 Å². The van der Waals surface area contributed by atoms with Crippen molar-refractivity contribution in [3.05, 3.63) is 0 Å². The van der Waals surface area contributed by atoms with Gasteiger partial charge < -0.3 is 20.6 Å². The van der Waals surface area contributed by atoms with E-state index in [2.05, 4.69) is 9.80 Å². The van der Waals surface area contributed by atoms with E-state index >= 15 is 0 Å². The third kappa shape index (κ3) is 6.95. The minimum atomic E-state index is -0.485. The van der Waals surface area contributed by atoms with Crippen LogP contribution in [-0.2, 0) is 0 Å². The summed E-state index contributed by atoms with van der Waals surface area (Å²) < 4.78 is 0.